The Bertz CT molecular complexity index is 468. The highest BCUT2D eigenvalue weighted by Crippen LogP contribution is 2.26. The number of nitrogens with zero attached hydrogens (tertiary/aromatic N) is 1. The molecule has 1 fully saturated rings. The van der Waals surface area contributed by atoms with Crippen molar-refractivity contribution in [3.05, 3.63) is 28.2 Å². The van der Waals surface area contributed by atoms with Gasteiger partial charge in [0, 0.05) is 19.5 Å². The van der Waals surface area contributed by atoms with Crippen molar-refractivity contribution in [2.24, 2.45) is 0 Å². The minimum Gasteiger partial charge on any atom is -0.496 e. The number of hydrogen-bond donors (Lipinski definition) is 0. The Morgan fingerprint density at radius 3 is 2.48 bits per heavy atom. The van der Waals surface area contributed by atoms with Crippen molar-refractivity contribution in [3.63, 3.8) is 0 Å². The van der Waals surface area contributed by atoms with Gasteiger partial charge in [0.25, 0.3) is 0 Å². The molecule has 1 aliphatic heterocycles. The minimum atomic E-state index is 0.295. The van der Waals surface area contributed by atoms with Crippen LogP contribution in [0.15, 0.2) is 22.7 Å². The van der Waals surface area contributed by atoms with Crippen molar-refractivity contribution in [1.82, 2.24) is 4.90 Å². The maximum atomic E-state index is 12.3. The third kappa shape index (κ3) is 5.03. The summed E-state index contributed by atoms with van der Waals surface area (Å²) in [5.74, 6) is 1.12. The van der Waals surface area contributed by atoms with E-state index in [1.807, 2.05) is 18.2 Å². The Morgan fingerprint density at radius 1 is 1.19 bits per heavy atom. The topological polar surface area (TPSA) is 29.5 Å². The molecular weight excluding hydrogens is 330 g/mol. The van der Waals surface area contributed by atoms with Crippen LogP contribution in [0.2, 0.25) is 0 Å². The second-order valence-electron chi connectivity index (χ2n) is 5.62. The van der Waals surface area contributed by atoms with Gasteiger partial charge in [0.1, 0.15) is 5.75 Å². The molecule has 0 aromatic heterocycles. The second-order valence-corrected chi connectivity index (χ2v) is 6.47. The van der Waals surface area contributed by atoms with E-state index in [2.05, 4.69) is 20.8 Å². The zero-order valence-corrected chi connectivity index (χ0v) is 14.3. The van der Waals surface area contributed by atoms with Crippen molar-refractivity contribution in [2.75, 3.05) is 20.2 Å². The van der Waals surface area contributed by atoms with E-state index in [-0.39, 0.29) is 0 Å². The number of halogens is 1. The number of likely N-dealkylation sites (tertiary alicyclic amines) is 1. The third-order valence-electron chi connectivity index (χ3n) is 4.05. The molecule has 116 valence electrons. The Labute approximate surface area is 135 Å². The van der Waals surface area contributed by atoms with Crippen LogP contribution >= 0.6 is 15.9 Å². The van der Waals surface area contributed by atoms with Crippen LogP contribution in [0, 0.1) is 0 Å². The number of methoxy groups -OCH3 is 1. The molecule has 0 bridgehead atoms. The Balaban J connectivity index is 1.86. The number of rotatable bonds is 4. The lowest BCUT2D eigenvalue weighted by molar-refractivity contribution is -0.131. The molecule has 1 aromatic rings. The van der Waals surface area contributed by atoms with Gasteiger partial charge in [-0.3, -0.25) is 4.79 Å². The lowest BCUT2D eigenvalue weighted by Gasteiger charge is -2.24. The van der Waals surface area contributed by atoms with Crippen molar-refractivity contribution >= 4 is 21.8 Å². The van der Waals surface area contributed by atoms with E-state index in [1.54, 1.807) is 7.11 Å². The van der Waals surface area contributed by atoms with E-state index < -0.39 is 0 Å². The number of carbonyl (C=O) groups is 1. The summed E-state index contributed by atoms with van der Waals surface area (Å²) in [5, 5.41) is 0. The molecule has 0 saturated carbocycles. The lowest BCUT2D eigenvalue weighted by atomic mass is 10.1. The molecule has 0 N–H and O–H groups in total. The summed E-state index contributed by atoms with van der Waals surface area (Å²) in [7, 11) is 1.66. The summed E-state index contributed by atoms with van der Waals surface area (Å²) >= 11 is 3.49. The molecule has 1 saturated heterocycles. The predicted octanol–water partition coefficient (Wildman–Crippen LogP) is 4.18. The van der Waals surface area contributed by atoms with Crippen LogP contribution in [0.5, 0.6) is 5.75 Å². The van der Waals surface area contributed by atoms with Gasteiger partial charge in [-0.2, -0.15) is 0 Å². The van der Waals surface area contributed by atoms with Crippen molar-refractivity contribution < 1.29 is 9.53 Å². The maximum absolute atomic E-state index is 12.3. The highest BCUT2D eigenvalue weighted by molar-refractivity contribution is 9.10. The van der Waals surface area contributed by atoms with Crippen LogP contribution < -0.4 is 4.74 Å². The lowest BCUT2D eigenvalue weighted by Crippen LogP contribution is -2.33. The van der Waals surface area contributed by atoms with Crippen LogP contribution in [0.25, 0.3) is 0 Å². The van der Waals surface area contributed by atoms with Crippen LogP contribution in [0.4, 0.5) is 0 Å². The van der Waals surface area contributed by atoms with Crippen LogP contribution in [-0.4, -0.2) is 31.0 Å². The Hall–Kier alpha value is -1.03. The first-order valence-electron chi connectivity index (χ1n) is 7.81. The van der Waals surface area contributed by atoms with Gasteiger partial charge < -0.3 is 9.64 Å². The smallest absolute Gasteiger partial charge is 0.222 e. The maximum Gasteiger partial charge on any atom is 0.222 e. The van der Waals surface area contributed by atoms with Crippen molar-refractivity contribution in [3.8, 4) is 5.75 Å². The molecule has 0 aliphatic carbocycles. The molecule has 0 unspecified atom stereocenters. The largest absolute Gasteiger partial charge is 0.496 e. The van der Waals surface area contributed by atoms with Crippen molar-refractivity contribution in [1.29, 1.82) is 0 Å². The van der Waals surface area contributed by atoms with Gasteiger partial charge in [-0.15, -0.1) is 0 Å². The molecule has 1 aliphatic rings. The summed E-state index contributed by atoms with van der Waals surface area (Å²) < 4.78 is 6.17. The summed E-state index contributed by atoms with van der Waals surface area (Å²) in [4.78, 5) is 14.4. The van der Waals surface area contributed by atoms with E-state index in [0.29, 0.717) is 12.3 Å². The first kappa shape index (κ1) is 16.3. The number of benzene rings is 1. The Morgan fingerprint density at radius 2 is 1.86 bits per heavy atom. The van der Waals surface area contributed by atoms with Gasteiger partial charge in [-0.25, -0.2) is 0 Å². The quantitative estimate of drug-likeness (QED) is 0.812. The van der Waals surface area contributed by atoms with Gasteiger partial charge in [-0.05, 0) is 52.9 Å². The first-order valence-corrected chi connectivity index (χ1v) is 8.60. The van der Waals surface area contributed by atoms with Crippen LogP contribution in [-0.2, 0) is 11.2 Å². The fraction of sp³-hybridized carbons (Fsp3) is 0.588. The standard InChI is InChI=1S/C17H24BrNO2/c1-21-16-9-7-14(13-15(16)18)8-10-17(20)19-11-5-3-2-4-6-12-19/h7,9,13H,2-6,8,10-12H2,1H3. The van der Waals surface area contributed by atoms with E-state index >= 15 is 0 Å². The summed E-state index contributed by atoms with van der Waals surface area (Å²) in [6.07, 6.45) is 7.53. The molecule has 0 atom stereocenters. The zero-order valence-electron chi connectivity index (χ0n) is 12.7. The molecule has 2 rings (SSSR count). The van der Waals surface area contributed by atoms with Gasteiger partial charge in [0.05, 0.1) is 11.6 Å². The minimum absolute atomic E-state index is 0.295. The van der Waals surface area contributed by atoms with E-state index in [0.717, 1.165) is 42.6 Å². The third-order valence-corrected chi connectivity index (χ3v) is 4.67. The van der Waals surface area contributed by atoms with Gasteiger partial charge in [0.2, 0.25) is 5.91 Å². The molecule has 0 radical (unpaired) electrons. The number of hydrogen-bond acceptors (Lipinski definition) is 2. The van der Waals surface area contributed by atoms with Crippen molar-refractivity contribution in [2.45, 2.75) is 44.9 Å². The SMILES string of the molecule is COc1ccc(CCC(=O)N2CCCCCCC2)cc1Br. The molecule has 21 heavy (non-hydrogen) atoms. The molecule has 3 nitrogen and oxygen atoms in total. The number of ether oxygens (including phenoxy) is 1. The average molecular weight is 354 g/mol. The molecule has 4 heteroatoms. The first-order chi connectivity index (χ1) is 10.2. The summed E-state index contributed by atoms with van der Waals surface area (Å²) in [5.41, 5.74) is 1.17. The molecular formula is C17H24BrNO2. The van der Waals surface area contributed by atoms with Crippen LogP contribution in [0.1, 0.15) is 44.1 Å². The normalized spacial score (nSPS) is 16.2. The van der Waals surface area contributed by atoms with Crippen LogP contribution in [0.3, 0.4) is 0 Å². The van der Waals surface area contributed by atoms with Gasteiger partial charge >= 0.3 is 0 Å². The van der Waals surface area contributed by atoms with Gasteiger partial charge in [-0.1, -0.05) is 25.3 Å². The fourth-order valence-corrected chi connectivity index (χ4v) is 3.36. The molecule has 1 amide bonds. The summed E-state index contributed by atoms with van der Waals surface area (Å²) in [6, 6.07) is 6.02. The van der Waals surface area contributed by atoms with E-state index in [9.17, 15) is 4.79 Å². The van der Waals surface area contributed by atoms with Gasteiger partial charge in [0.15, 0.2) is 0 Å². The Kier molecular flexibility index (Phi) is 6.55. The number of aryl methyl sites for hydroxylation is 1. The molecule has 1 aromatic carbocycles. The number of carbonyl (C=O) groups excluding carboxylic acids is 1. The average Bonchev–Trinajstić information content (AvgIpc) is 2.44. The monoisotopic (exact) mass is 353 g/mol. The fourth-order valence-electron chi connectivity index (χ4n) is 2.77. The molecule has 1 heterocycles. The van der Waals surface area contributed by atoms with E-state index in [4.69, 9.17) is 4.74 Å². The molecule has 0 spiro atoms. The second kappa shape index (κ2) is 8.42. The zero-order chi connectivity index (χ0) is 15.1. The summed E-state index contributed by atoms with van der Waals surface area (Å²) in [6.45, 7) is 1.87. The highest BCUT2D eigenvalue weighted by atomic mass is 79.9. The highest BCUT2D eigenvalue weighted by Gasteiger charge is 2.14. The number of amides is 1. The predicted molar refractivity (Wildman–Crippen MR) is 88.7 cm³/mol. The van der Waals surface area contributed by atoms with E-state index in [1.165, 1.54) is 24.8 Å².